The van der Waals surface area contributed by atoms with Gasteiger partial charge in [0.2, 0.25) is 5.75 Å². The number of nitrogens with two attached hydrogens (primary N) is 1. The normalized spacial score (nSPS) is 12.1. The third kappa shape index (κ3) is 2.99. The van der Waals surface area contributed by atoms with Crippen LogP contribution in [-0.2, 0) is 0 Å². The number of hydrogen-bond acceptors (Lipinski definition) is 5. The predicted molar refractivity (Wildman–Crippen MR) is 85.9 cm³/mol. The lowest BCUT2D eigenvalue weighted by atomic mass is 10.0. The van der Waals surface area contributed by atoms with Gasteiger partial charge in [0.05, 0.1) is 27.4 Å². The minimum atomic E-state index is -0.211. The minimum Gasteiger partial charge on any atom is -0.493 e. The van der Waals surface area contributed by atoms with Crippen molar-refractivity contribution in [2.45, 2.75) is 19.9 Å². The van der Waals surface area contributed by atoms with Crippen LogP contribution in [0.5, 0.6) is 17.2 Å². The van der Waals surface area contributed by atoms with Gasteiger partial charge in [0.25, 0.3) is 0 Å². The molecule has 5 heteroatoms. The average molecular weight is 307 g/mol. The summed E-state index contributed by atoms with van der Waals surface area (Å²) in [5.74, 6) is 1.82. The largest absolute Gasteiger partial charge is 0.493 e. The van der Waals surface area contributed by atoms with E-state index >= 15 is 0 Å². The van der Waals surface area contributed by atoms with Crippen molar-refractivity contribution in [1.82, 2.24) is 0 Å². The first kappa shape index (κ1) is 15.7. The molecule has 1 heterocycles. The Balaban J connectivity index is 2.51. The van der Waals surface area contributed by atoms with Gasteiger partial charge in [0.15, 0.2) is 11.5 Å². The quantitative estimate of drug-likeness (QED) is 0.919. The lowest BCUT2D eigenvalue weighted by molar-refractivity contribution is 0.323. The second-order valence-corrected chi connectivity index (χ2v) is 6.13. The van der Waals surface area contributed by atoms with E-state index in [9.17, 15) is 0 Å². The molecule has 0 amide bonds. The topological polar surface area (TPSA) is 53.7 Å². The number of aryl methyl sites for hydroxylation is 2. The molecule has 0 radical (unpaired) electrons. The Labute approximate surface area is 129 Å². The summed E-state index contributed by atoms with van der Waals surface area (Å²) in [5.41, 5.74) is 8.57. The first-order chi connectivity index (χ1) is 10.0. The van der Waals surface area contributed by atoms with Gasteiger partial charge in [0.1, 0.15) is 0 Å². The van der Waals surface area contributed by atoms with Crippen molar-refractivity contribution in [1.29, 1.82) is 0 Å². The second kappa shape index (κ2) is 6.37. The summed E-state index contributed by atoms with van der Waals surface area (Å²) in [4.78, 5) is 2.41. The van der Waals surface area contributed by atoms with Crippen molar-refractivity contribution >= 4 is 11.3 Å². The molecule has 0 aliphatic rings. The molecular formula is C16H21NO3S. The molecule has 2 rings (SSSR count). The molecule has 0 aliphatic carbocycles. The molecule has 2 N–H and O–H groups in total. The monoisotopic (exact) mass is 307 g/mol. The average Bonchev–Trinajstić information content (AvgIpc) is 2.83. The second-order valence-electron chi connectivity index (χ2n) is 4.84. The fourth-order valence-electron chi connectivity index (χ4n) is 2.40. The Morgan fingerprint density at radius 1 is 0.952 bits per heavy atom. The Hall–Kier alpha value is -1.72. The Bertz CT molecular complexity index is 611. The van der Waals surface area contributed by atoms with Gasteiger partial charge in [-0.05, 0) is 43.2 Å². The standard InChI is InChI=1S/C16H21NO3S/c1-9-6-10(2)21-16(9)14(17)11-7-12(18-3)15(20-5)13(8-11)19-4/h6-8,14H,17H2,1-5H3. The van der Waals surface area contributed by atoms with Crippen LogP contribution in [0.1, 0.15) is 26.9 Å². The van der Waals surface area contributed by atoms with Crippen molar-refractivity contribution in [3.05, 3.63) is 39.1 Å². The van der Waals surface area contributed by atoms with Crippen molar-refractivity contribution in [2.75, 3.05) is 21.3 Å². The van der Waals surface area contributed by atoms with Crippen LogP contribution in [0.25, 0.3) is 0 Å². The third-order valence-electron chi connectivity index (χ3n) is 3.41. The van der Waals surface area contributed by atoms with E-state index in [1.54, 1.807) is 32.7 Å². The van der Waals surface area contributed by atoms with Crippen molar-refractivity contribution in [2.24, 2.45) is 5.73 Å². The SMILES string of the molecule is COc1cc(C(N)c2sc(C)cc2C)cc(OC)c1OC. The molecule has 1 atom stereocenters. The van der Waals surface area contributed by atoms with Crippen LogP contribution in [0, 0.1) is 13.8 Å². The number of hydrogen-bond donors (Lipinski definition) is 1. The highest BCUT2D eigenvalue weighted by Crippen LogP contribution is 2.41. The summed E-state index contributed by atoms with van der Waals surface area (Å²) in [6.07, 6.45) is 0. The third-order valence-corrected chi connectivity index (χ3v) is 4.64. The summed E-state index contributed by atoms with van der Waals surface area (Å²) in [6, 6.07) is 5.75. The molecule has 1 aromatic carbocycles. The van der Waals surface area contributed by atoms with Crippen LogP contribution in [0.15, 0.2) is 18.2 Å². The maximum absolute atomic E-state index is 6.43. The highest BCUT2D eigenvalue weighted by Gasteiger charge is 2.20. The summed E-state index contributed by atoms with van der Waals surface area (Å²) < 4.78 is 16.1. The van der Waals surface area contributed by atoms with Gasteiger partial charge >= 0.3 is 0 Å². The predicted octanol–water partition coefficient (Wildman–Crippen LogP) is 3.44. The lowest BCUT2D eigenvalue weighted by Gasteiger charge is -2.17. The van der Waals surface area contributed by atoms with Gasteiger partial charge in [-0.2, -0.15) is 0 Å². The van der Waals surface area contributed by atoms with Crippen LogP contribution < -0.4 is 19.9 Å². The summed E-state index contributed by atoms with van der Waals surface area (Å²) >= 11 is 1.72. The Kier molecular flexibility index (Phi) is 4.75. The lowest BCUT2D eigenvalue weighted by Crippen LogP contribution is -2.12. The highest BCUT2D eigenvalue weighted by molar-refractivity contribution is 7.12. The van der Waals surface area contributed by atoms with E-state index in [-0.39, 0.29) is 6.04 Å². The number of rotatable bonds is 5. The number of methoxy groups -OCH3 is 3. The van der Waals surface area contributed by atoms with Gasteiger partial charge < -0.3 is 19.9 Å². The molecule has 0 aliphatic heterocycles. The first-order valence-corrected chi connectivity index (χ1v) is 7.45. The van der Waals surface area contributed by atoms with E-state index in [4.69, 9.17) is 19.9 Å². The highest BCUT2D eigenvalue weighted by atomic mass is 32.1. The molecule has 0 bridgehead atoms. The zero-order valence-electron chi connectivity index (χ0n) is 13.0. The minimum absolute atomic E-state index is 0.211. The van der Waals surface area contributed by atoms with E-state index in [0.717, 1.165) is 10.4 Å². The molecule has 0 saturated carbocycles. The Morgan fingerprint density at radius 3 is 1.90 bits per heavy atom. The summed E-state index contributed by atoms with van der Waals surface area (Å²) in [7, 11) is 4.80. The van der Waals surface area contributed by atoms with E-state index in [0.29, 0.717) is 17.2 Å². The number of thiophene rings is 1. The van der Waals surface area contributed by atoms with Crippen LogP contribution >= 0.6 is 11.3 Å². The first-order valence-electron chi connectivity index (χ1n) is 6.64. The summed E-state index contributed by atoms with van der Waals surface area (Å²) in [6.45, 7) is 4.17. The molecule has 0 spiro atoms. The smallest absolute Gasteiger partial charge is 0.203 e. The maximum Gasteiger partial charge on any atom is 0.203 e. The van der Waals surface area contributed by atoms with Crippen LogP contribution in [0.2, 0.25) is 0 Å². The molecule has 2 aromatic rings. The zero-order valence-corrected chi connectivity index (χ0v) is 13.8. The van der Waals surface area contributed by atoms with Crippen LogP contribution in [0.3, 0.4) is 0 Å². The van der Waals surface area contributed by atoms with Gasteiger partial charge in [-0.15, -0.1) is 11.3 Å². The molecule has 4 nitrogen and oxygen atoms in total. The fourth-order valence-corrected chi connectivity index (χ4v) is 3.47. The molecule has 0 saturated heterocycles. The van der Waals surface area contributed by atoms with Gasteiger partial charge in [-0.3, -0.25) is 0 Å². The van der Waals surface area contributed by atoms with Crippen molar-refractivity contribution < 1.29 is 14.2 Å². The van der Waals surface area contributed by atoms with Crippen LogP contribution in [-0.4, -0.2) is 21.3 Å². The number of ether oxygens (including phenoxy) is 3. The fraction of sp³-hybridized carbons (Fsp3) is 0.375. The molecule has 114 valence electrons. The van der Waals surface area contributed by atoms with E-state index in [1.165, 1.54) is 10.4 Å². The van der Waals surface area contributed by atoms with Gasteiger partial charge in [-0.25, -0.2) is 0 Å². The summed E-state index contributed by atoms with van der Waals surface area (Å²) in [5, 5.41) is 0. The van der Waals surface area contributed by atoms with E-state index < -0.39 is 0 Å². The molecule has 0 fully saturated rings. The van der Waals surface area contributed by atoms with Gasteiger partial charge in [-0.1, -0.05) is 0 Å². The van der Waals surface area contributed by atoms with Crippen molar-refractivity contribution in [3.63, 3.8) is 0 Å². The van der Waals surface area contributed by atoms with Crippen molar-refractivity contribution in [3.8, 4) is 17.2 Å². The number of benzene rings is 1. The Morgan fingerprint density at radius 2 is 1.52 bits per heavy atom. The maximum atomic E-state index is 6.43. The zero-order chi connectivity index (χ0) is 15.6. The van der Waals surface area contributed by atoms with E-state index in [2.05, 4.69) is 19.9 Å². The molecule has 21 heavy (non-hydrogen) atoms. The van der Waals surface area contributed by atoms with Crippen LogP contribution in [0.4, 0.5) is 0 Å². The molecule has 1 unspecified atom stereocenters. The van der Waals surface area contributed by atoms with E-state index in [1.807, 2.05) is 12.1 Å². The van der Waals surface area contributed by atoms with Gasteiger partial charge in [0, 0.05) is 9.75 Å². The molecular weight excluding hydrogens is 286 g/mol. The molecule has 1 aromatic heterocycles.